The summed E-state index contributed by atoms with van der Waals surface area (Å²) in [6, 6.07) is 4.85. The van der Waals surface area contributed by atoms with E-state index in [9.17, 15) is 0 Å². The third kappa shape index (κ3) is 0.761. The maximum atomic E-state index is 5.54. The summed E-state index contributed by atoms with van der Waals surface area (Å²) in [6.45, 7) is 0. The Morgan fingerprint density at radius 1 is 1.08 bits per heavy atom. The third-order valence-corrected chi connectivity index (χ3v) is 3.66. The molecule has 1 saturated heterocycles. The average Bonchev–Trinajstić information content (AvgIpc) is 2.62. The first-order chi connectivity index (χ1) is 6.42. The summed E-state index contributed by atoms with van der Waals surface area (Å²) in [5.74, 6) is 0. The number of benzene rings is 1. The maximum Gasteiger partial charge on any atom is 0.110 e. The van der Waals surface area contributed by atoms with Gasteiger partial charge in [0.25, 0.3) is 0 Å². The van der Waals surface area contributed by atoms with Gasteiger partial charge in [-0.25, -0.2) is 0 Å². The number of fused-ring (bicyclic) bond motifs is 4. The lowest BCUT2D eigenvalue weighted by Crippen LogP contribution is -1.92. The Hall–Kier alpha value is -0.820. The van der Waals surface area contributed by atoms with Crippen LogP contribution in [0.5, 0.6) is 0 Å². The van der Waals surface area contributed by atoms with Gasteiger partial charge in [0.05, 0.1) is 6.10 Å². The Labute approximate surface area is 77.7 Å². The lowest BCUT2D eigenvalue weighted by atomic mass is 10.0. The van der Waals surface area contributed by atoms with Crippen molar-refractivity contribution in [3.8, 4) is 0 Å². The minimum atomic E-state index is 0.487. The number of ether oxygens (including phenoxy) is 1. The van der Waals surface area contributed by atoms with Gasteiger partial charge in [-0.2, -0.15) is 0 Å². The maximum absolute atomic E-state index is 5.54. The third-order valence-electron chi connectivity index (χ3n) is 3.66. The van der Waals surface area contributed by atoms with Gasteiger partial charge >= 0.3 is 0 Å². The van der Waals surface area contributed by atoms with Crippen molar-refractivity contribution in [1.82, 2.24) is 0 Å². The van der Waals surface area contributed by atoms with E-state index in [1.807, 2.05) is 0 Å². The van der Waals surface area contributed by atoms with E-state index in [2.05, 4.69) is 12.1 Å². The van der Waals surface area contributed by atoms with E-state index in [4.69, 9.17) is 4.74 Å². The molecule has 1 heteroatoms. The molecule has 0 amide bonds. The van der Waals surface area contributed by atoms with E-state index >= 15 is 0 Å². The Balaban J connectivity index is 1.95. The molecule has 0 aromatic heterocycles. The largest absolute Gasteiger partial charge is 0.364 e. The minimum absolute atomic E-state index is 0.487. The molecule has 0 saturated carbocycles. The Bertz CT molecular complexity index is 394. The van der Waals surface area contributed by atoms with E-state index < -0.39 is 0 Å². The molecular weight excluding hydrogens is 160 g/mol. The van der Waals surface area contributed by atoms with Gasteiger partial charge in [0.15, 0.2) is 0 Å². The average molecular weight is 172 g/mol. The Morgan fingerprint density at radius 2 is 1.92 bits per heavy atom. The first-order valence-corrected chi connectivity index (χ1v) is 5.22. The number of epoxide rings is 1. The van der Waals surface area contributed by atoms with E-state index in [1.54, 1.807) is 16.7 Å². The van der Waals surface area contributed by atoms with Crippen molar-refractivity contribution in [2.24, 2.45) is 0 Å². The van der Waals surface area contributed by atoms with Crippen LogP contribution in [0, 0.1) is 0 Å². The van der Waals surface area contributed by atoms with Crippen LogP contribution in [0.25, 0.3) is 0 Å². The molecule has 2 unspecified atom stereocenters. The van der Waals surface area contributed by atoms with Gasteiger partial charge in [0, 0.05) is 6.42 Å². The molecule has 13 heavy (non-hydrogen) atoms. The number of hydrogen-bond acceptors (Lipinski definition) is 1. The number of aryl methyl sites for hydroxylation is 2. The molecule has 66 valence electrons. The highest BCUT2D eigenvalue weighted by atomic mass is 16.6. The zero-order valence-corrected chi connectivity index (χ0v) is 7.55. The summed E-state index contributed by atoms with van der Waals surface area (Å²) in [6.07, 6.45) is 6.16. The van der Waals surface area contributed by atoms with Crippen molar-refractivity contribution in [2.45, 2.75) is 37.9 Å². The number of hydrogen-bond donors (Lipinski definition) is 0. The molecule has 1 heterocycles. The van der Waals surface area contributed by atoms with Crippen molar-refractivity contribution in [3.63, 3.8) is 0 Å². The second kappa shape index (κ2) is 1.98. The topological polar surface area (TPSA) is 12.5 Å². The summed E-state index contributed by atoms with van der Waals surface area (Å²) in [7, 11) is 0. The molecular formula is C12H12O. The lowest BCUT2D eigenvalue weighted by molar-refractivity contribution is 0.361. The highest BCUT2D eigenvalue weighted by molar-refractivity contribution is 5.47. The molecule has 3 aliphatic rings. The van der Waals surface area contributed by atoms with Crippen LogP contribution < -0.4 is 0 Å². The molecule has 1 aromatic rings. The van der Waals surface area contributed by atoms with Crippen molar-refractivity contribution >= 4 is 0 Å². The fourth-order valence-electron chi connectivity index (χ4n) is 2.92. The van der Waals surface area contributed by atoms with Crippen LogP contribution >= 0.6 is 0 Å². The second-order valence-electron chi connectivity index (χ2n) is 4.47. The van der Waals surface area contributed by atoms with E-state index in [0.717, 1.165) is 0 Å². The van der Waals surface area contributed by atoms with E-state index in [-0.39, 0.29) is 0 Å². The molecule has 1 aliphatic heterocycles. The van der Waals surface area contributed by atoms with Crippen molar-refractivity contribution in [1.29, 1.82) is 0 Å². The predicted octanol–water partition coefficient (Wildman–Crippen LogP) is 2.17. The summed E-state index contributed by atoms with van der Waals surface area (Å²) >= 11 is 0. The SMILES string of the molecule is c1c2c(cc3c1CC1OC31)CCC2. The van der Waals surface area contributed by atoms with Gasteiger partial charge in [-0.15, -0.1) is 0 Å². The normalized spacial score (nSPS) is 32.6. The molecule has 1 aromatic carbocycles. The van der Waals surface area contributed by atoms with Gasteiger partial charge < -0.3 is 4.74 Å². The minimum Gasteiger partial charge on any atom is -0.364 e. The van der Waals surface area contributed by atoms with Gasteiger partial charge in [-0.1, -0.05) is 12.1 Å². The summed E-state index contributed by atoms with van der Waals surface area (Å²) < 4.78 is 5.54. The monoisotopic (exact) mass is 172 g/mol. The first kappa shape index (κ1) is 6.61. The molecule has 0 spiro atoms. The standard InChI is InChI=1S/C12H12O/c1-2-7-4-9-6-11-12(13-11)10(9)5-8(7)3-1/h4-5,11-12H,1-3,6H2. The second-order valence-corrected chi connectivity index (χ2v) is 4.47. The van der Waals surface area contributed by atoms with Crippen LogP contribution in [0.3, 0.4) is 0 Å². The van der Waals surface area contributed by atoms with Gasteiger partial charge in [0.2, 0.25) is 0 Å². The molecule has 4 rings (SSSR count). The zero-order chi connectivity index (χ0) is 8.41. The van der Waals surface area contributed by atoms with Crippen LogP contribution in [0.2, 0.25) is 0 Å². The Kier molecular flexibility index (Phi) is 1.01. The zero-order valence-electron chi connectivity index (χ0n) is 7.55. The molecule has 0 N–H and O–H groups in total. The van der Waals surface area contributed by atoms with Crippen molar-refractivity contribution in [3.05, 3.63) is 34.4 Å². The summed E-state index contributed by atoms with van der Waals surface area (Å²) in [4.78, 5) is 0. The van der Waals surface area contributed by atoms with Gasteiger partial charge in [0.1, 0.15) is 6.10 Å². The van der Waals surface area contributed by atoms with Crippen LogP contribution in [-0.2, 0) is 24.0 Å². The van der Waals surface area contributed by atoms with Crippen LogP contribution in [0.15, 0.2) is 12.1 Å². The fraction of sp³-hybridized carbons (Fsp3) is 0.500. The molecule has 0 radical (unpaired) electrons. The molecule has 0 bridgehead atoms. The molecule has 2 atom stereocenters. The fourth-order valence-corrected chi connectivity index (χ4v) is 2.92. The molecule has 1 nitrogen and oxygen atoms in total. The Morgan fingerprint density at radius 3 is 2.85 bits per heavy atom. The highest BCUT2D eigenvalue weighted by Gasteiger charge is 2.47. The predicted molar refractivity (Wildman–Crippen MR) is 49.8 cm³/mol. The van der Waals surface area contributed by atoms with Crippen LogP contribution in [0.1, 0.15) is 34.8 Å². The van der Waals surface area contributed by atoms with E-state index in [0.29, 0.717) is 12.2 Å². The summed E-state index contributed by atoms with van der Waals surface area (Å²) in [5, 5.41) is 0. The smallest absolute Gasteiger partial charge is 0.110 e. The van der Waals surface area contributed by atoms with Crippen molar-refractivity contribution < 1.29 is 4.74 Å². The van der Waals surface area contributed by atoms with Gasteiger partial charge in [-0.05, 0) is 41.5 Å². The molecule has 2 aliphatic carbocycles. The van der Waals surface area contributed by atoms with E-state index in [1.165, 1.54) is 31.2 Å². The highest BCUT2D eigenvalue weighted by Crippen LogP contribution is 2.49. The lowest BCUT2D eigenvalue weighted by Gasteiger charge is -2.06. The van der Waals surface area contributed by atoms with Crippen LogP contribution in [-0.4, -0.2) is 6.10 Å². The molecule has 1 fully saturated rings. The quantitative estimate of drug-likeness (QED) is 0.546. The number of rotatable bonds is 0. The van der Waals surface area contributed by atoms with Crippen molar-refractivity contribution in [2.75, 3.05) is 0 Å². The summed E-state index contributed by atoms with van der Waals surface area (Å²) in [5.41, 5.74) is 6.28. The van der Waals surface area contributed by atoms with Crippen LogP contribution in [0.4, 0.5) is 0 Å². The first-order valence-electron chi connectivity index (χ1n) is 5.22. The van der Waals surface area contributed by atoms with Gasteiger partial charge in [-0.3, -0.25) is 0 Å².